The van der Waals surface area contributed by atoms with E-state index in [2.05, 4.69) is 15.3 Å². The lowest BCUT2D eigenvalue weighted by Crippen LogP contribution is -2.43. The summed E-state index contributed by atoms with van der Waals surface area (Å²) in [5.41, 5.74) is 1.75. The third-order valence-corrected chi connectivity index (χ3v) is 5.98. The molecule has 4 rings (SSSR count). The summed E-state index contributed by atoms with van der Waals surface area (Å²) in [4.78, 5) is 17.3. The molecule has 2 amide bonds. The van der Waals surface area contributed by atoms with E-state index in [1.165, 1.54) is 45.3 Å². The number of carbonyl (C=O) groups is 1. The lowest BCUT2D eigenvalue weighted by Gasteiger charge is -2.34. The molecule has 2 saturated heterocycles. The highest BCUT2D eigenvalue weighted by molar-refractivity contribution is 5.89. The van der Waals surface area contributed by atoms with Crippen molar-refractivity contribution >= 4 is 11.7 Å². The van der Waals surface area contributed by atoms with Crippen LogP contribution in [0.4, 0.5) is 10.5 Å². The first kappa shape index (κ1) is 19.0. The number of hydrogen-bond donors (Lipinski definition) is 1. The van der Waals surface area contributed by atoms with Crippen LogP contribution in [0, 0.1) is 5.92 Å². The third kappa shape index (κ3) is 4.93. The third-order valence-electron chi connectivity index (χ3n) is 5.98. The molecule has 0 radical (unpaired) electrons. The van der Waals surface area contributed by atoms with Gasteiger partial charge in [-0.2, -0.15) is 5.10 Å². The zero-order valence-corrected chi connectivity index (χ0v) is 16.6. The molecule has 3 heterocycles. The van der Waals surface area contributed by atoms with Crippen molar-refractivity contribution in [2.24, 2.45) is 5.92 Å². The molecule has 6 nitrogen and oxygen atoms in total. The number of piperidine rings is 1. The minimum absolute atomic E-state index is 0.00541. The molecule has 2 fully saturated rings. The molecule has 2 aliphatic heterocycles. The Morgan fingerprint density at radius 3 is 2.54 bits per heavy atom. The number of likely N-dealkylation sites (tertiary alicyclic amines) is 2. The second kappa shape index (κ2) is 9.24. The average molecular weight is 382 g/mol. The first-order valence-corrected chi connectivity index (χ1v) is 10.7. The van der Waals surface area contributed by atoms with Gasteiger partial charge in [0.1, 0.15) is 0 Å². The van der Waals surface area contributed by atoms with Gasteiger partial charge in [0.25, 0.3) is 0 Å². The topological polar surface area (TPSA) is 53.4 Å². The van der Waals surface area contributed by atoms with Crippen molar-refractivity contribution in [3.05, 3.63) is 42.7 Å². The fourth-order valence-corrected chi connectivity index (χ4v) is 4.35. The Morgan fingerprint density at radius 2 is 1.82 bits per heavy atom. The molecule has 0 bridgehead atoms. The maximum absolute atomic E-state index is 12.7. The molecule has 1 N–H and O–H groups in total. The number of benzene rings is 1. The molecule has 0 atom stereocenters. The van der Waals surface area contributed by atoms with E-state index in [9.17, 15) is 4.79 Å². The van der Waals surface area contributed by atoms with Crippen LogP contribution in [0.25, 0.3) is 5.69 Å². The molecule has 0 unspecified atom stereocenters. The van der Waals surface area contributed by atoms with Gasteiger partial charge in [-0.1, -0.05) is 18.9 Å². The monoisotopic (exact) mass is 381 g/mol. The molecule has 6 heteroatoms. The van der Waals surface area contributed by atoms with E-state index in [0.29, 0.717) is 0 Å². The minimum Gasteiger partial charge on any atom is -0.325 e. The van der Waals surface area contributed by atoms with E-state index in [0.717, 1.165) is 43.2 Å². The predicted octanol–water partition coefficient (Wildman–Crippen LogP) is 3.99. The van der Waals surface area contributed by atoms with E-state index < -0.39 is 0 Å². The lowest BCUT2D eigenvalue weighted by atomic mass is 9.96. The summed E-state index contributed by atoms with van der Waals surface area (Å²) in [6.07, 6.45) is 11.3. The van der Waals surface area contributed by atoms with Gasteiger partial charge in [0, 0.05) is 37.7 Å². The highest BCUT2D eigenvalue weighted by Gasteiger charge is 2.24. The Bertz CT molecular complexity index is 744. The van der Waals surface area contributed by atoms with Crippen LogP contribution in [0.1, 0.15) is 38.5 Å². The Kier molecular flexibility index (Phi) is 6.27. The van der Waals surface area contributed by atoms with Gasteiger partial charge in [-0.3, -0.25) is 0 Å². The quantitative estimate of drug-likeness (QED) is 0.871. The van der Waals surface area contributed by atoms with Crippen LogP contribution in [0.15, 0.2) is 42.7 Å². The van der Waals surface area contributed by atoms with Crippen molar-refractivity contribution in [3.63, 3.8) is 0 Å². The number of anilines is 1. The number of aromatic nitrogens is 2. The molecular weight excluding hydrogens is 350 g/mol. The normalized spacial score (nSPS) is 19.4. The molecule has 28 heavy (non-hydrogen) atoms. The lowest BCUT2D eigenvalue weighted by molar-refractivity contribution is 0.155. The van der Waals surface area contributed by atoms with E-state index in [-0.39, 0.29) is 6.03 Å². The zero-order chi connectivity index (χ0) is 19.2. The molecule has 0 spiro atoms. The van der Waals surface area contributed by atoms with Gasteiger partial charge in [-0.15, -0.1) is 0 Å². The molecule has 2 aliphatic rings. The molecule has 2 aromatic rings. The number of nitrogens with zero attached hydrogens (tertiary/aromatic N) is 4. The second-order valence-electron chi connectivity index (χ2n) is 8.08. The van der Waals surface area contributed by atoms with Crippen molar-refractivity contribution in [1.29, 1.82) is 0 Å². The van der Waals surface area contributed by atoms with Crippen molar-refractivity contribution in [1.82, 2.24) is 19.6 Å². The van der Waals surface area contributed by atoms with Crippen LogP contribution in [0.2, 0.25) is 0 Å². The fourth-order valence-electron chi connectivity index (χ4n) is 4.35. The first-order chi connectivity index (χ1) is 13.8. The summed E-state index contributed by atoms with van der Waals surface area (Å²) in [5, 5.41) is 7.30. The molecule has 0 aliphatic carbocycles. The number of nitrogens with one attached hydrogen (secondary N) is 1. The Balaban J connectivity index is 1.27. The van der Waals surface area contributed by atoms with Crippen molar-refractivity contribution in [2.45, 2.75) is 38.5 Å². The number of hydrogen-bond acceptors (Lipinski definition) is 3. The van der Waals surface area contributed by atoms with Gasteiger partial charge in [-0.25, -0.2) is 9.48 Å². The summed E-state index contributed by atoms with van der Waals surface area (Å²) in [7, 11) is 0. The number of rotatable bonds is 4. The highest BCUT2D eigenvalue weighted by atomic mass is 16.2. The molecular formula is C22H31N5O. The van der Waals surface area contributed by atoms with Crippen LogP contribution in [0.5, 0.6) is 0 Å². The molecule has 1 aromatic carbocycles. The summed E-state index contributed by atoms with van der Waals surface area (Å²) >= 11 is 0. The Hall–Kier alpha value is -2.34. The first-order valence-electron chi connectivity index (χ1n) is 10.7. The van der Waals surface area contributed by atoms with Crippen LogP contribution in [0.3, 0.4) is 0 Å². The number of urea groups is 1. The van der Waals surface area contributed by atoms with Gasteiger partial charge < -0.3 is 15.1 Å². The number of amides is 2. The SMILES string of the molecule is O=C(Nc1cccc(-n2cccn2)c1)N1CCC(CN2CCCCCC2)CC1. The maximum atomic E-state index is 12.7. The van der Waals surface area contributed by atoms with Gasteiger partial charge in [-0.05, 0) is 69.0 Å². The summed E-state index contributed by atoms with van der Waals surface area (Å²) in [5.74, 6) is 0.727. The smallest absolute Gasteiger partial charge is 0.321 e. The summed E-state index contributed by atoms with van der Waals surface area (Å²) < 4.78 is 1.80. The Labute approximate surface area is 167 Å². The van der Waals surface area contributed by atoms with Gasteiger partial charge in [0.15, 0.2) is 0 Å². The van der Waals surface area contributed by atoms with E-state index in [1.54, 1.807) is 10.9 Å². The summed E-state index contributed by atoms with van der Waals surface area (Å²) in [6, 6.07) is 9.71. The van der Waals surface area contributed by atoms with Gasteiger partial charge in [0.05, 0.1) is 5.69 Å². The van der Waals surface area contributed by atoms with E-state index >= 15 is 0 Å². The van der Waals surface area contributed by atoms with Gasteiger partial charge >= 0.3 is 6.03 Å². The molecule has 1 aromatic heterocycles. The molecule has 150 valence electrons. The van der Waals surface area contributed by atoms with E-state index in [4.69, 9.17) is 0 Å². The van der Waals surface area contributed by atoms with Crippen molar-refractivity contribution in [2.75, 3.05) is 38.0 Å². The Morgan fingerprint density at radius 1 is 1.04 bits per heavy atom. The second-order valence-corrected chi connectivity index (χ2v) is 8.08. The van der Waals surface area contributed by atoms with Crippen molar-refractivity contribution < 1.29 is 4.79 Å². The van der Waals surface area contributed by atoms with Crippen LogP contribution >= 0.6 is 0 Å². The minimum atomic E-state index is 0.00541. The van der Waals surface area contributed by atoms with Crippen LogP contribution in [-0.4, -0.2) is 58.3 Å². The maximum Gasteiger partial charge on any atom is 0.321 e. The summed E-state index contributed by atoms with van der Waals surface area (Å²) in [6.45, 7) is 5.42. The largest absolute Gasteiger partial charge is 0.325 e. The average Bonchev–Trinajstić information content (AvgIpc) is 3.14. The predicted molar refractivity (Wildman–Crippen MR) is 112 cm³/mol. The van der Waals surface area contributed by atoms with Crippen LogP contribution in [-0.2, 0) is 0 Å². The van der Waals surface area contributed by atoms with Crippen molar-refractivity contribution in [3.8, 4) is 5.69 Å². The van der Waals surface area contributed by atoms with E-state index in [1.807, 2.05) is 41.4 Å². The number of carbonyl (C=O) groups excluding carboxylic acids is 1. The highest BCUT2D eigenvalue weighted by Crippen LogP contribution is 2.21. The standard InChI is InChI=1S/C22H31N5O/c28-22(24-20-7-5-8-21(17-20)27-14-6-11-23-27)26-15-9-19(10-16-26)18-25-12-3-1-2-4-13-25/h5-8,11,14,17,19H,1-4,9-10,12-13,15-16,18H2,(H,24,28). The molecule has 0 saturated carbocycles. The zero-order valence-electron chi connectivity index (χ0n) is 16.6. The van der Waals surface area contributed by atoms with Crippen LogP contribution < -0.4 is 5.32 Å². The fraction of sp³-hybridized carbons (Fsp3) is 0.545. The van der Waals surface area contributed by atoms with Gasteiger partial charge in [0.2, 0.25) is 0 Å².